The minimum atomic E-state index is -1.04. The molecule has 4 heteroatoms. The molecular formula is C10H7FO3. The van der Waals surface area contributed by atoms with Crippen LogP contribution in [-0.2, 0) is 4.79 Å². The van der Waals surface area contributed by atoms with Gasteiger partial charge in [-0.3, -0.25) is 9.59 Å². The molecule has 0 spiro atoms. The highest BCUT2D eigenvalue weighted by molar-refractivity contribution is 6.05. The van der Waals surface area contributed by atoms with Gasteiger partial charge in [-0.25, -0.2) is 4.39 Å². The molecule has 0 saturated heterocycles. The number of ketones is 1. The third-order valence-electron chi connectivity index (χ3n) is 2.38. The van der Waals surface area contributed by atoms with Crippen LogP contribution in [0.1, 0.15) is 28.3 Å². The molecule has 0 fully saturated rings. The standard InChI is InChI=1S/C10H7FO3/c11-5-1-2-6-7(3-5)9(12)4-8(6)10(13)14/h1-3,8H,4H2,(H,13,14)/t8-/m0/s1. The van der Waals surface area contributed by atoms with Gasteiger partial charge in [0.05, 0.1) is 5.92 Å². The van der Waals surface area contributed by atoms with Crippen LogP contribution in [0.25, 0.3) is 0 Å². The highest BCUT2D eigenvalue weighted by atomic mass is 19.1. The van der Waals surface area contributed by atoms with E-state index in [1.54, 1.807) is 0 Å². The molecule has 0 aromatic heterocycles. The Morgan fingerprint density at radius 2 is 2.21 bits per heavy atom. The Hall–Kier alpha value is -1.71. The van der Waals surface area contributed by atoms with Crippen LogP contribution in [0.15, 0.2) is 18.2 Å². The van der Waals surface area contributed by atoms with E-state index < -0.39 is 17.7 Å². The zero-order valence-electron chi connectivity index (χ0n) is 7.16. The van der Waals surface area contributed by atoms with Crippen molar-refractivity contribution >= 4 is 11.8 Å². The summed E-state index contributed by atoms with van der Waals surface area (Å²) >= 11 is 0. The van der Waals surface area contributed by atoms with Gasteiger partial charge in [0.25, 0.3) is 0 Å². The quantitative estimate of drug-likeness (QED) is 0.738. The molecule has 0 heterocycles. The molecular weight excluding hydrogens is 187 g/mol. The SMILES string of the molecule is O=C1C[C@H](C(=O)O)c2ccc(F)cc21. The van der Waals surface area contributed by atoms with Gasteiger partial charge in [0.15, 0.2) is 5.78 Å². The van der Waals surface area contributed by atoms with Gasteiger partial charge in [-0.1, -0.05) is 6.07 Å². The molecule has 2 rings (SSSR count). The summed E-state index contributed by atoms with van der Waals surface area (Å²) in [4.78, 5) is 22.1. The van der Waals surface area contributed by atoms with E-state index in [9.17, 15) is 14.0 Å². The normalized spacial score (nSPS) is 19.5. The second-order valence-electron chi connectivity index (χ2n) is 3.25. The first-order valence-corrected chi connectivity index (χ1v) is 4.15. The number of hydrogen-bond acceptors (Lipinski definition) is 2. The third-order valence-corrected chi connectivity index (χ3v) is 2.38. The van der Waals surface area contributed by atoms with E-state index >= 15 is 0 Å². The number of benzene rings is 1. The van der Waals surface area contributed by atoms with Crippen molar-refractivity contribution < 1.29 is 19.1 Å². The van der Waals surface area contributed by atoms with Gasteiger partial charge in [-0.05, 0) is 17.7 Å². The molecule has 1 N–H and O–H groups in total. The van der Waals surface area contributed by atoms with Crippen LogP contribution < -0.4 is 0 Å². The summed E-state index contributed by atoms with van der Waals surface area (Å²) < 4.78 is 12.8. The van der Waals surface area contributed by atoms with Crippen LogP contribution in [0, 0.1) is 5.82 Å². The van der Waals surface area contributed by atoms with E-state index in [1.807, 2.05) is 0 Å². The van der Waals surface area contributed by atoms with Crippen LogP contribution in [0.3, 0.4) is 0 Å². The van der Waals surface area contributed by atoms with Gasteiger partial charge >= 0.3 is 5.97 Å². The first-order valence-electron chi connectivity index (χ1n) is 4.15. The van der Waals surface area contributed by atoms with E-state index in [1.165, 1.54) is 12.1 Å². The van der Waals surface area contributed by atoms with Crippen molar-refractivity contribution in [3.05, 3.63) is 35.1 Å². The van der Waals surface area contributed by atoms with E-state index in [0.29, 0.717) is 5.56 Å². The molecule has 72 valence electrons. The maximum Gasteiger partial charge on any atom is 0.311 e. The highest BCUT2D eigenvalue weighted by Crippen LogP contribution is 2.33. The van der Waals surface area contributed by atoms with Crippen molar-refractivity contribution in [2.75, 3.05) is 0 Å². The summed E-state index contributed by atoms with van der Waals surface area (Å²) in [5.74, 6) is -2.66. The number of hydrogen-bond donors (Lipinski definition) is 1. The zero-order chi connectivity index (χ0) is 10.3. The van der Waals surface area contributed by atoms with Crippen molar-refractivity contribution in [3.63, 3.8) is 0 Å². The minimum absolute atomic E-state index is 0.0614. The Morgan fingerprint density at radius 1 is 1.50 bits per heavy atom. The fourth-order valence-corrected chi connectivity index (χ4v) is 1.70. The molecule has 0 aliphatic heterocycles. The van der Waals surface area contributed by atoms with Crippen LogP contribution in [-0.4, -0.2) is 16.9 Å². The molecule has 0 saturated carbocycles. The molecule has 0 bridgehead atoms. The molecule has 14 heavy (non-hydrogen) atoms. The number of aliphatic carboxylic acids is 1. The predicted octanol–water partition coefficient (Wildman–Crippen LogP) is 1.58. The summed E-state index contributed by atoms with van der Waals surface area (Å²) in [7, 11) is 0. The minimum Gasteiger partial charge on any atom is -0.481 e. The number of Topliss-reactive ketones (excluding diaryl/α,β-unsaturated/α-hetero) is 1. The van der Waals surface area contributed by atoms with Crippen LogP contribution >= 0.6 is 0 Å². The topological polar surface area (TPSA) is 54.4 Å². The lowest BCUT2D eigenvalue weighted by Gasteiger charge is -2.03. The average Bonchev–Trinajstić information content (AvgIpc) is 2.44. The van der Waals surface area contributed by atoms with Crippen LogP contribution in [0.5, 0.6) is 0 Å². The molecule has 1 atom stereocenters. The van der Waals surface area contributed by atoms with Gasteiger partial charge in [0.1, 0.15) is 5.82 Å². The number of rotatable bonds is 1. The highest BCUT2D eigenvalue weighted by Gasteiger charge is 2.34. The maximum atomic E-state index is 12.8. The van der Waals surface area contributed by atoms with Gasteiger partial charge < -0.3 is 5.11 Å². The summed E-state index contributed by atoms with van der Waals surface area (Å²) in [6, 6.07) is 3.64. The zero-order valence-corrected chi connectivity index (χ0v) is 7.16. The number of carbonyl (C=O) groups is 2. The third kappa shape index (κ3) is 1.19. The molecule has 1 aliphatic rings. The first kappa shape index (κ1) is 8.87. The molecule has 0 unspecified atom stereocenters. The van der Waals surface area contributed by atoms with Crippen molar-refractivity contribution in [1.29, 1.82) is 0 Å². The van der Waals surface area contributed by atoms with Crippen LogP contribution in [0.2, 0.25) is 0 Å². The van der Waals surface area contributed by atoms with Gasteiger partial charge in [0.2, 0.25) is 0 Å². The van der Waals surface area contributed by atoms with Crippen molar-refractivity contribution in [2.24, 2.45) is 0 Å². The Labute approximate surface area is 79.2 Å². The van der Waals surface area contributed by atoms with Crippen molar-refractivity contribution in [2.45, 2.75) is 12.3 Å². The number of fused-ring (bicyclic) bond motifs is 1. The lowest BCUT2D eigenvalue weighted by Crippen LogP contribution is -2.08. The van der Waals surface area contributed by atoms with Crippen molar-refractivity contribution in [3.8, 4) is 0 Å². The van der Waals surface area contributed by atoms with Gasteiger partial charge in [0, 0.05) is 12.0 Å². The second kappa shape index (κ2) is 2.90. The number of carboxylic acid groups (broad SMARTS) is 1. The Balaban J connectivity index is 2.55. The number of carbonyl (C=O) groups excluding carboxylic acids is 1. The first-order chi connectivity index (χ1) is 6.59. The Bertz CT molecular complexity index is 425. The smallest absolute Gasteiger partial charge is 0.311 e. The molecule has 0 amide bonds. The lowest BCUT2D eigenvalue weighted by molar-refractivity contribution is -0.138. The fourth-order valence-electron chi connectivity index (χ4n) is 1.70. The molecule has 0 radical (unpaired) electrons. The predicted molar refractivity (Wildman–Crippen MR) is 45.7 cm³/mol. The fraction of sp³-hybridized carbons (Fsp3) is 0.200. The largest absolute Gasteiger partial charge is 0.481 e. The average molecular weight is 194 g/mol. The number of carboxylic acids is 1. The van der Waals surface area contributed by atoms with E-state index in [2.05, 4.69) is 0 Å². The maximum absolute atomic E-state index is 12.8. The van der Waals surface area contributed by atoms with Crippen LogP contribution in [0.4, 0.5) is 4.39 Å². The lowest BCUT2D eigenvalue weighted by atomic mass is 10.0. The Morgan fingerprint density at radius 3 is 2.86 bits per heavy atom. The second-order valence-corrected chi connectivity index (χ2v) is 3.25. The summed E-state index contributed by atoms with van der Waals surface area (Å²) in [5.41, 5.74) is 0.626. The number of halogens is 1. The Kier molecular flexibility index (Phi) is 1.84. The molecule has 3 nitrogen and oxygen atoms in total. The summed E-state index contributed by atoms with van der Waals surface area (Å²) in [6.45, 7) is 0. The van der Waals surface area contributed by atoms with Crippen molar-refractivity contribution in [1.82, 2.24) is 0 Å². The van der Waals surface area contributed by atoms with E-state index in [0.717, 1.165) is 6.07 Å². The van der Waals surface area contributed by atoms with Gasteiger partial charge in [-0.2, -0.15) is 0 Å². The summed E-state index contributed by atoms with van der Waals surface area (Å²) in [6.07, 6.45) is -0.0614. The molecule has 1 aromatic carbocycles. The summed E-state index contributed by atoms with van der Waals surface area (Å²) in [5, 5.41) is 8.80. The monoisotopic (exact) mass is 194 g/mol. The van der Waals surface area contributed by atoms with E-state index in [-0.39, 0.29) is 17.8 Å². The molecule has 1 aliphatic carbocycles. The van der Waals surface area contributed by atoms with E-state index in [4.69, 9.17) is 5.11 Å². The van der Waals surface area contributed by atoms with Gasteiger partial charge in [-0.15, -0.1) is 0 Å². The molecule has 1 aromatic rings.